The van der Waals surface area contributed by atoms with Gasteiger partial charge in [0.2, 0.25) is 5.91 Å². The number of hydrogen-bond acceptors (Lipinski definition) is 3. The fraction of sp³-hybridized carbons (Fsp3) is 0.227. The largest absolute Gasteiger partial charge is 0.467 e. The van der Waals surface area contributed by atoms with Gasteiger partial charge >= 0.3 is 0 Å². The summed E-state index contributed by atoms with van der Waals surface area (Å²) < 4.78 is 24.4. The van der Waals surface area contributed by atoms with Crippen molar-refractivity contribution in [3.63, 3.8) is 0 Å². The van der Waals surface area contributed by atoms with E-state index in [-0.39, 0.29) is 18.1 Å². The van der Waals surface area contributed by atoms with Gasteiger partial charge < -0.3 is 14.5 Å². The average molecular weight is 367 g/mol. The lowest BCUT2D eigenvalue weighted by molar-refractivity contribution is -0.121. The van der Waals surface area contributed by atoms with Crippen molar-refractivity contribution in [3.05, 3.63) is 95.2 Å². The maximum atomic E-state index is 13.6. The molecule has 0 aliphatic carbocycles. The lowest BCUT2D eigenvalue weighted by Gasteiger charge is -2.08. The molecule has 0 aliphatic heterocycles. The molecule has 1 heterocycles. The summed E-state index contributed by atoms with van der Waals surface area (Å²) in [6, 6.07) is 18.1. The number of amides is 1. The van der Waals surface area contributed by atoms with Crippen LogP contribution in [0.4, 0.5) is 4.39 Å². The van der Waals surface area contributed by atoms with Gasteiger partial charge in [-0.05, 0) is 41.3 Å². The Labute approximate surface area is 158 Å². The van der Waals surface area contributed by atoms with Crippen LogP contribution in [0.25, 0.3) is 0 Å². The highest BCUT2D eigenvalue weighted by Crippen LogP contribution is 2.11. The fourth-order valence-corrected chi connectivity index (χ4v) is 2.73. The SMILES string of the molecule is O=C(CCc1ccccc1F)NCc1cccc(COCc2ccco2)c1. The second-order valence-corrected chi connectivity index (χ2v) is 6.26. The smallest absolute Gasteiger partial charge is 0.220 e. The van der Waals surface area contributed by atoms with Gasteiger partial charge in [-0.2, -0.15) is 0 Å². The van der Waals surface area contributed by atoms with Gasteiger partial charge in [-0.1, -0.05) is 42.5 Å². The number of carbonyl (C=O) groups excluding carboxylic acids is 1. The van der Waals surface area contributed by atoms with Crippen molar-refractivity contribution < 1.29 is 18.3 Å². The number of aryl methyl sites for hydroxylation is 1. The summed E-state index contributed by atoms with van der Waals surface area (Å²) in [4.78, 5) is 12.0. The standard InChI is InChI=1S/C22H22FNO3/c23-21-9-2-1-7-19(21)10-11-22(25)24-14-17-5-3-6-18(13-17)15-26-16-20-8-4-12-27-20/h1-9,12-13H,10-11,14-16H2,(H,24,25). The number of benzene rings is 2. The first-order valence-electron chi connectivity index (χ1n) is 8.89. The third-order valence-electron chi connectivity index (χ3n) is 4.15. The van der Waals surface area contributed by atoms with E-state index in [0.29, 0.717) is 31.7 Å². The molecule has 0 saturated heterocycles. The van der Waals surface area contributed by atoms with Gasteiger partial charge in [0.15, 0.2) is 0 Å². The summed E-state index contributed by atoms with van der Waals surface area (Å²) in [5, 5.41) is 2.88. The van der Waals surface area contributed by atoms with Gasteiger partial charge in [-0.3, -0.25) is 4.79 Å². The molecular formula is C22H22FNO3. The second kappa shape index (κ2) is 9.69. The van der Waals surface area contributed by atoms with Crippen LogP contribution in [0.2, 0.25) is 0 Å². The number of nitrogens with one attached hydrogen (secondary N) is 1. The molecule has 140 valence electrons. The summed E-state index contributed by atoms with van der Waals surface area (Å²) in [6.07, 6.45) is 2.26. The summed E-state index contributed by atoms with van der Waals surface area (Å²) in [5.74, 6) is 0.415. The molecule has 4 nitrogen and oxygen atoms in total. The zero-order valence-corrected chi connectivity index (χ0v) is 15.0. The third kappa shape index (κ3) is 6.08. The van der Waals surface area contributed by atoms with Crippen molar-refractivity contribution in [1.82, 2.24) is 5.32 Å². The van der Waals surface area contributed by atoms with E-state index in [9.17, 15) is 9.18 Å². The Balaban J connectivity index is 1.42. The molecule has 3 rings (SSSR count). The lowest BCUT2D eigenvalue weighted by Crippen LogP contribution is -2.23. The first kappa shape index (κ1) is 18.9. The molecule has 3 aromatic rings. The number of hydrogen-bond donors (Lipinski definition) is 1. The molecule has 0 saturated carbocycles. The summed E-state index contributed by atoms with van der Waals surface area (Å²) in [7, 11) is 0. The van der Waals surface area contributed by atoms with Crippen LogP contribution in [-0.2, 0) is 35.7 Å². The van der Waals surface area contributed by atoms with Crippen molar-refractivity contribution in [2.45, 2.75) is 32.6 Å². The van der Waals surface area contributed by atoms with Crippen LogP contribution in [-0.4, -0.2) is 5.91 Å². The molecule has 0 fully saturated rings. The molecule has 5 heteroatoms. The molecule has 0 unspecified atom stereocenters. The van der Waals surface area contributed by atoms with Crippen molar-refractivity contribution in [2.75, 3.05) is 0 Å². The molecule has 0 aliphatic rings. The highest BCUT2D eigenvalue weighted by atomic mass is 19.1. The van der Waals surface area contributed by atoms with Crippen LogP contribution in [0.3, 0.4) is 0 Å². The molecular weight excluding hydrogens is 345 g/mol. The predicted molar refractivity (Wildman–Crippen MR) is 100 cm³/mol. The lowest BCUT2D eigenvalue weighted by atomic mass is 10.1. The Hall–Kier alpha value is -2.92. The molecule has 0 radical (unpaired) electrons. The van der Waals surface area contributed by atoms with E-state index in [1.54, 1.807) is 24.5 Å². The Bertz CT molecular complexity index is 862. The Morgan fingerprint density at radius 2 is 1.85 bits per heavy atom. The first-order valence-corrected chi connectivity index (χ1v) is 8.89. The Morgan fingerprint density at radius 1 is 1.00 bits per heavy atom. The monoisotopic (exact) mass is 367 g/mol. The molecule has 1 N–H and O–H groups in total. The van der Waals surface area contributed by atoms with E-state index < -0.39 is 0 Å². The van der Waals surface area contributed by atoms with Crippen molar-refractivity contribution in [3.8, 4) is 0 Å². The van der Waals surface area contributed by atoms with E-state index in [1.807, 2.05) is 36.4 Å². The predicted octanol–water partition coefficient (Wildman–Crippen LogP) is 4.38. The summed E-state index contributed by atoms with van der Waals surface area (Å²) in [5.41, 5.74) is 2.58. The molecule has 0 spiro atoms. The minimum Gasteiger partial charge on any atom is -0.467 e. The molecule has 1 amide bonds. The van der Waals surface area contributed by atoms with Gasteiger partial charge in [0.25, 0.3) is 0 Å². The molecule has 2 aromatic carbocycles. The van der Waals surface area contributed by atoms with E-state index in [1.165, 1.54) is 6.07 Å². The maximum Gasteiger partial charge on any atom is 0.220 e. The summed E-state index contributed by atoms with van der Waals surface area (Å²) in [6.45, 7) is 1.32. The fourth-order valence-electron chi connectivity index (χ4n) is 2.73. The minimum absolute atomic E-state index is 0.0993. The number of furan rings is 1. The number of carbonyl (C=O) groups is 1. The molecule has 0 bridgehead atoms. The van der Waals surface area contributed by atoms with Crippen molar-refractivity contribution in [2.24, 2.45) is 0 Å². The zero-order valence-electron chi connectivity index (χ0n) is 15.0. The highest BCUT2D eigenvalue weighted by Gasteiger charge is 2.06. The quantitative estimate of drug-likeness (QED) is 0.610. The molecule has 0 atom stereocenters. The van der Waals surface area contributed by atoms with Crippen LogP contribution >= 0.6 is 0 Å². The van der Waals surface area contributed by atoms with Crippen molar-refractivity contribution in [1.29, 1.82) is 0 Å². The van der Waals surface area contributed by atoms with E-state index >= 15 is 0 Å². The third-order valence-corrected chi connectivity index (χ3v) is 4.15. The van der Waals surface area contributed by atoms with E-state index in [0.717, 1.165) is 16.9 Å². The minimum atomic E-state index is -0.271. The number of rotatable bonds is 9. The number of ether oxygens (including phenoxy) is 1. The van der Waals surface area contributed by atoms with Gasteiger partial charge in [0.1, 0.15) is 18.2 Å². The number of halogens is 1. The van der Waals surface area contributed by atoms with Crippen LogP contribution in [0, 0.1) is 5.82 Å². The summed E-state index contributed by atoms with van der Waals surface area (Å²) >= 11 is 0. The normalized spacial score (nSPS) is 10.7. The van der Waals surface area contributed by atoms with E-state index in [2.05, 4.69) is 5.32 Å². The average Bonchev–Trinajstić information content (AvgIpc) is 3.20. The van der Waals surface area contributed by atoms with Gasteiger partial charge in [0.05, 0.1) is 12.9 Å². The van der Waals surface area contributed by atoms with Crippen LogP contribution in [0.5, 0.6) is 0 Å². The van der Waals surface area contributed by atoms with E-state index in [4.69, 9.17) is 9.15 Å². The Kier molecular flexibility index (Phi) is 6.77. The second-order valence-electron chi connectivity index (χ2n) is 6.26. The van der Waals surface area contributed by atoms with Crippen LogP contribution in [0.15, 0.2) is 71.3 Å². The highest BCUT2D eigenvalue weighted by molar-refractivity contribution is 5.76. The topological polar surface area (TPSA) is 51.5 Å². The van der Waals surface area contributed by atoms with Crippen LogP contribution < -0.4 is 5.32 Å². The van der Waals surface area contributed by atoms with Crippen LogP contribution in [0.1, 0.15) is 28.9 Å². The van der Waals surface area contributed by atoms with Crippen molar-refractivity contribution >= 4 is 5.91 Å². The molecule has 27 heavy (non-hydrogen) atoms. The van der Waals surface area contributed by atoms with Gasteiger partial charge in [-0.15, -0.1) is 0 Å². The first-order chi connectivity index (χ1) is 13.2. The maximum absolute atomic E-state index is 13.6. The van der Waals surface area contributed by atoms with Gasteiger partial charge in [0, 0.05) is 13.0 Å². The van der Waals surface area contributed by atoms with Gasteiger partial charge in [-0.25, -0.2) is 4.39 Å². The molecule has 1 aromatic heterocycles. The Morgan fingerprint density at radius 3 is 2.67 bits per heavy atom. The zero-order chi connectivity index (χ0) is 18.9.